The van der Waals surface area contributed by atoms with Crippen LogP contribution in [-0.4, -0.2) is 6.10 Å². The van der Waals surface area contributed by atoms with Crippen molar-refractivity contribution in [2.24, 2.45) is 0 Å². The molecule has 1 nitrogen and oxygen atoms in total. The molecule has 0 aromatic heterocycles. The van der Waals surface area contributed by atoms with Crippen LogP contribution in [0, 0.1) is 0 Å². The molecule has 54 valence electrons. The molecular weight excluding hydrogens is 160 g/mol. The van der Waals surface area contributed by atoms with Crippen LogP contribution in [0.1, 0.15) is 20.3 Å². The number of rotatable bonds is 3. The van der Waals surface area contributed by atoms with Crippen molar-refractivity contribution in [1.29, 1.82) is 0 Å². The summed E-state index contributed by atoms with van der Waals surface area (Å²) in [4.78, 5) is 0. The van der Waals surface area contributed by atoms with Gasteiger partial charge >= 0.3 is 71.3 Å². The molecule has 1 aliphatic carbocycles. The van der Waals surface area contributed by atoms with Crippen LogP contribution in [0.15, 0.2) is 22.1 Å². The Bertz CT molecular complexity index is 159. The zero-order valence-corrected chi connectivity index (χ0v) is 7.99. The topological polar surface area (TPSA) is 9.23 Å². The summed E-state index contributed by atoms with van der Waals surface area (Å²) in [6.07, 6.45) is 8.02. The van der Waals surface area contributed by atoms with E-state index in [0.717, 1.165) is 6.42 Å². The summed E-state index contributed by atoms with van der Waals surface area (Å²) in [5, 5.41) is 0. The standard InChI is InChI=1S/C5H5.C3H7O.Ti/c1-2-4-5-3-1;1-3(2)4;/h1-3H,4H2;3H,1-2H3;/q;-1;+1. The Morgan fingerprint density at radius 1 is 1.60 bits per heavy atom. The third-order valence-corrected chi connectivity index (χ3v) is 3.11. The monoisotopic (exact) mass is 172 g/mol. The van der Waals surface area contributed by atoms with Gasteiger partial charge in [-0.3, -0.25) is 0 Å². The molecule has 0 N–H and O–H groups in total. The Morgan fingerprint density at radius 3 is 2.90 bits per heavy atom. The summed E-state index contributed by atoms with van der Waals surface area (Å²) in [6.45, 7) is 4.18. The van der Waals surface area contributed by atoms with Gasteiger partial charge in [-0.1, -0.05) is 0 Å². The van der Waals surface area contributed by atoms with Gasteiger partial charge in [0.2, 0.25) is 0 Å². The molecule has 0 saturated carbocycles. The number of allylic oxidation sites excluding steroid dienone is 4. The van der Waals surface area contributed by atoms with E-state index in [1.807, 2.05) is 0 Å². The van der Waals surface area contributed by atoms with Crippen LogP contribution < -0.4 is 0 Å². The van der Waals surface area contributed by atoms with E-state index in [-0.39, 0.29) is 19.5 Å². The first-order valence-corrected chi connectivity index (χ1v) is 4.98. The summed E-state index contributed by atoms with van der Waals surface area (Å²) < 4.78 is 7.05. The fourth-order valence-electron chi connectivity index (χ4n) is 0.716. The van der Waals surface area contributed by atoms with E-state index in [4.69, 9.17) is 3.32 Å². The maximum atomic E-state index is 5.54. The van der Waals surface area contributed by atoms with Crippen molar-refractivity contribution >= 4 is 0 Å². The summed E-state index contributed by atoms with van der Waals surface area (Å²) >= 11 is -0.245. The first kappa shape index (κ1) is 8.25. The molecule has 0 amide bonds. The Balaban J connectivity index is 2.15. The molecule has 1 aliphatic rings. The van der Waals surface area contributed by atoms with Crippen LogP contribution in [0.4, 0.5) is 0 Å². The molecule has 1 rings (SSSR count). The van der Waals surface area contributed by atoms with E-state index in [1.165, 1.54) is 3.88 Å². The van der Waals surface area contributed by atoms with Gasteiger partial charge < -0.3 is 0 Å². The molecule has 0 spiro atoms. The van der Waals surface area contributed by atoms with Crippen molar-refractivity contribution in [2.75, 3.05) is 0 Å². The zero-order chi connectivity index (χ0) is 7.40. The molecule has 0 bridgehead atoms. The predicted molar refractivity (Wildman–Crippen MR) is 38.1 cm³/mol. The number of hydrogen-bond acceptors (Lipinski definition) is 1. The molecule has 10 heavy (non-hydrogen) atoms. The van der Waals surface area contributed by atoms with Crippen molar-refractivity contribution < 1.29 is 22.9 Å². The van der Waals surface area contributed by atoms with Gasteiger partial charge in [0, 0.05) is 0 Å². The van der Waals surface area contributed by atoms with Crippen LogP contribution in [0.2, 0.25) is 0 Å². The second-order valence-corrected chi connectivity index (χ2v) is 4.28. The molecule has 0 aromatic rings. The third-order valence-electron chi connectivity index (χ3n) is 1.20. The normalized spacial score (nSPS) is 16.1. The van der Waals surface area contributed by atoms with Gasteiger partial charge in [0.15, 0.2) is 0 Å². The average molecular weight is 172 g/mol. The fraction of sp³-hybridized carbons (Fsp3) is 0.500. The van der Waals surface area contributed by atoms with Gasteiger partial charge in [0.05, 0.1) is 0 Å². The second-order valence-electron chi connectivity index (χ2n) is 2.59. The Labute approximate surface area is 71.6 Å². The molecule has 0 aliphatic heterocycles. The molecule has 0 heterocycles. The van der Waals surface area contributed by atoms with E-state index in [9.17, 15) is 0 Å². The van der Waals surface area contributed by atoms with Gasteiger partial charge in [0.1, 0.15) is 0 Å². The first-order chi connectivity index (χ1) is 4.79. The van der Waals surface area contributed by atoms with Crippen molar-refractivity contribution in [2.45, 2.75) is 26.4 Å². The zero-order valence-electron chi connectivity index (χ0n) is 6.42. The van der Waals surface area contributed by atoms with Gasteiger partial charge in [-0.2, -0.15) is 0 Å². The minimum absolute atomic E-state index is 0.245. The second kappa shape index (κ2) is 4.12. The van der Waals surface area contributed by atoms with Crippen LogP contribution in [0.25, 0.3) is 0 Å². The van der Waals surface area contributed by atoms with E-state index in [0.29, 0.717) is 6.10 Å². The molecule has 0 unspecified atom stereocenters. The van der Waals surface area contributed by atoms with E-state index >= 15 is 0 Å². The minimum atomic E-state index is -0.245. The Hall–Kier alpha value is 0.154. The van der Waals surface area contributed by atoms with E-state index in [2.05, 4.69) is 32.1 Å². The summed E-state index contributed by atoms with van der Waals surface area (Å²) in [7, 11) is 0. The molecular formula is C8H12OTi. The van der Waals surface area contributed by atoms with Crippen LogP contribution in [0.5, 0.6) is 0 Å². The van der Waals surface area contributed by atoms with Crippen LogP contribution in [-0.2, 0) is 22.9 Å². The van der Waals surface area contributed by atoms with Crippen molar-refractivity contribution in [1.82, 2.24) is 0 Å². The van der Waals surface area contributed by atoms with Crippen LogP contribution in [0.3, 0.4) is 0 Å². The average Bonchev–Trinajstić information content (AvgIpc) is 2.34. The van der Waals surface area contributed by atoms with Gasteiger partial charge in [-0.15, -0.1) is 0 Å². The molecule has 2 heteroatoms. The van der Waals surface area contributed by atoms with Gasteiger partial charge in [-0.05, 0) is 0 Å². The number of hydrogen-bond donors (Lipinski definition) is 0. The molecule has 0 saturated heterocycles. The van der Waals surface area contributed by atoms with Crippen molar-refractivity contribution in [3.63, 3.8) is 0 Å². The van der Waals surface area contributed by atoms with Crippen molar-refractivity contribution in [3.8, 4) is 0 Å². The van der Waals surface area contributed by atoms with Gasteiger partial charge in [0.25, 0.3) is 0 Å². The SMILES string of the molecule is CC(C)[O][Ti][C]1=CC=CC1. The fourth-order valence-corrected chi connectivity index (χ4v) is 1.89. The Kier molecular flexibility index (Phi) is 3.40. The summed E-state index contributed by atoms with van der Waals surface area (Å²) in [6, 6.07) is 0. The maximum absolute atomic E-state index is 5.54. The predicted octanol–water partition coefficient (Wildman–Crippen LogP) is 2.25. The summed E-state index contributed by atoms with van der Waals surface area (Å²) in [5.74, 6) is 0. The molecule has 0 atom stereocenters. The summed E-state index contributed by atoms with van der Waals surface area (Å²) in [5.41, 5.74) is 0. The molecule has 0 fully saturated rings. The quantitative estimate of drug-likeness (QED) is 0.593. The van der Waals surface area contributed by atoms with E-state index < -0.39 is 0 Å². The van der Waals surface area contributed by atoms with Crippen molar-refractivity contribution in [3.05, 3.63) is 22.1 Å². The van der Waals surface area contributed by atoms with Crippen LogP contribution >= 0.6 is 0 Å². The van der Waals surface area contributed by atoms with E-state index in [1.54, 1.807) is 0 Å². The molecule has 0 radical (unpaired) electrons. The van der Waals surface area contributed by atoms with Gasteiger partial charge in [-0.25, -0.2) is 0 Å². The molecule has 0 aromatic carbocycles. The first-order valence-electron chi connectivity index (χ1n) is 3.56. The third kappa shape index (κ3) is 2.83. The Morgan fingerprint density at radius 2 is 2.40 bits per heavy atom.